The Morgan fingerprint density at radius 1 is 0.681 bits per heavy atom. The van der Waals surface area contributed by atoms with Gasteiger partial charge in [0.25, 0.3) is 17.3 Å². The molecule has 350 valence electrons. The summed E-state index contributed by atoms with van der Waals surface area (Å²) in [6, 6.07) is 36.5. The van der Waals surface area contributed by atoms with Crippen molar-refractivity contribution in [1.29, 1.82) is 0 Å². The summed E-state index contributed by atoms with van der Waals surface area (Å²) in [5.41, 5.74) is 6.73. The van der Waals surface area contributed by atoms with Crippen molar-refractivity contribution in [3.05, 3.63) is 207 Å². The summed E-state index contributed by atoms with van der Waals surface area (Å²) in [5, 5.41) is 23.9. The van der Waals surface area contributed by atoms with E-state index in [1.165, 1.54) is 60.7 Å². The maximum atomic E-state index is 15.2. The fourth-order valence-electron chi connectivity index (χ4n) is 8.10. The Morgan fingerprint density at radius 2 is 1.10 bits per heavy atom. The molecule has 19 heteroatoms. The highest BCUT2D eigenvalue weighted by Crippen LogP contribution is 2.49. The van der Waals surface area contributed by atoms with Crippen LogP contribution in [0, 0.1) is 20.2 Å². The van der Waals surface area contributed by atoms with Crippen molar-refractivity contribution in [2.45, 2.75) is 37.4 Å². The van der Waals surface area contributed by atoms with Crippen molar-refractivity contribution in [2.24, 2.45) is 5.73 Å². The molecule has 1 aliphatic heterocycles. The van der Waals surface area contributed by atoms with Crippen LogP contribution in [0.3, 0.4) is 0 Å². The summed E-state index contributed by atoms with van der Waals surface area (Å²) in [4.78, 5) is 110. The molecule has 1 heterocycles. The molecule has 3 amide bonds. The van der Waals surface area contributed by atoms with E-state index >= 15 is 9.59 Å². The SMILES string of the molecule is COC(=O)C(C(C(=O)OCc1ccc([N+](=O)[O-])cc1)N1C(=O)C(N(C(=O)OCc2ccc([N+](=O)[O-])cc2)C(=O)[C@@H](N)c2ccccc2)C1C=O)=P(c1ccccc1)(c1ccccc1)c1ccccc1. The molecule has 7 rings (SSSR count). The largest absolute Gasteiger partial charge is 0.466 e. The van der Waals surface area contributed by atoms with Crippen molar-refractivity contribution in [3.8, 4) is 0 Å². The third-order valence-corrected chi connectivity index (χ3v) is 15.8. The molecule has 1 fully saturated rings. The number of aldehydes is 1. The van der Waals surface area contributed by atoms with Crippen LogP contribution in [0.15, 0.2) is 170 Å². The number of rotatable bonds is 17. The number of nitro groups is 2. The first-order valence-electron chi connectivity index (χ1n) is 21.1. The van der Waals surface area contributed by atoms with E-state index in [-0.39, 0.29) is 39.6 Å². The standard InChI is InChI=1S/C50H42N5O13P/c1-66-49(60)45(69(38-16-8-3-9-17-38,39-18-10-4-11-19-39)40-20-12-5-13-21-40)44(48(59)67-31-33-22-26-36(27-23-33)54(62)63)52-41(30-56)43(47(52)58)53(46(57)42(51)35-14-6-2-7-15-35)50(61)68-32-34-24-28-37(29-25-34)55(64)65/h2-30,41-44H,31-32,51H2,1H3/t41?,42-,43?,44?/m0/s1. The van der Waals surface area contributed by atoms with Crippen LogP contribution < -0.4 is 21.6 Å². The lowest BCUT2D eigenvalue weighted by Gasteiger charge is -2.51. The van der Waals surface area contributed by atoms with E-state index in [1.54, 1.807) is 109 Å². The van der Waals surface area contributed by atoms with Gasteiger partial charge in [-0.25, -0.2) is 19.3 Å². The van der Waals surface area contributed by atoms with Crippen LogP contribution in [-0.4, -0.2) is 86.3 Å². The number of carbonyl (C=O) groups is 6. The Labute approximate surface area is 394 Å². The number of hydrogen-bond donors (Lipinski definition) is 1. The number of imide groups is 1. The van der Waals surface area contributed by atoms with Gasteiger partial charge >= 0.3 is 18.0 Å². The van der Waals surface area contributed by atoms with E-state index in [2.05, 4.69) is 0 Å². The molecule has 0 aliphatic carbocycles. The van der Waals surface area contributed by atoms with Crippen LogP contribution in [-0.2, 0) is 51.4 Å². The predicted molar refractivity (Wildman–Crippen MR) is 253 cm³/mol. The maximum Gasteiger partial charge on any atom is 0.417 e. The van der Waals surface area contributed by atoms with Crippen LogP contribution in [0.25, 0.3) is 0 Å². The van der Waals surface area contributed by atoms with E-state index in [0.717, 1.165) is 12.0 Å². The Morgan fingerprint density at radius 3 is 1.51 bits per heavy atom. The van der Waals surface area contributed by atoms with Gasteiger partial charge in [-0.15, -0.1) is 0 Å². The zero-order valence-corrected chi connectivity index (χ0v) is 37.5. The number of amides is 3. The average molecular weight is 952 g/mol. The van der Waals surface area contributed by atoms with Gasteiger partial charge in [-0.3, -0.25) is 29.8 Å². The first kappa shape index (κ1) is 48.3. The first-order valence-corrected chi connectivity index (χ1v) is 22.8. The number of carbonyl (C=O) groups excluding carboxylic acids is 6. The smallest absolute Gasteiger partial charge is 0.417 e. The van der Waals surface area contributed by atoms with E-state index in [0.29, 0.717) is 20.8 Å². The number of ether oxygens (including phenoxy) is 3. The summed E-state index contributed by atoms with van der Waals surface area (Å²) in [6.45, 7) is -4.80. The Hall–Kier alpha value is -8.60. The topological polar surface area (TPSA) is 249 Å². The van der Waals surface area contributed by atoms with Crippen molar-refractivity contribution >= 4 is 75.6 Å². The molecule has 2 N–H and O–H groups in total. The van der Waals surface area contributed by atoms with Gasteiger partial charge in [0.2, 0.25) is 5.91 Å². The summed E-state index contributed by atoms with van der Waals surface area (Å²) in [5.74, 6) is -4.65. The molecule has 6 aromatic carbocycles. The molecule has 4 atom stereocenters. The molecule has 18 nitrogen and oxygen atoms in total. The molecular weight excluding hydrogens is 910 g/mol. The highest BCUT2D eigenvalue weighted by atomic mass is 31.2. The zero-order valence-electron chi connectivity index (χ0n) is 36.6. The second-order valence-electron chi connectivity index (χ2n) is 15.4. The van der Waals surface area contributed by atoms with E-state index < -0.39 is 84.0 Å². The van der Waals surface area contributed by atoms with Gasteiger partial charge < -0.3 is 29.6 Å². The number of methoxy groups -OCH3 is 1. The number of non-ortho nitro benzene ring substituents is 2. The van der Waals surface area contributed by atoms with Gasteiger partial charge in [0.05, 0.1) is 22.2 Å². The molecule has 0 radical (unpaired) electrons. The van der Waals surface area contributed by atoms with E-state index in [1.807, 2.05) is 0 Å². The zero-order chi connectivity index (χ0) is 49.2. The minimum Gasteiger partial charge on any atom is -0.466 e. The highest BCUT2D eigenvalue weighted by molar-refractivity contribution is 7.96. The van der Waals surface area contributed by atoms with Gasteiger partial charge in [0.1, 0.15) is 37.6 Å². The van der Waals surface area contributed by atoms with Crippen molar-refractivity contribution in [3.63, 3.8) is 0 Å². The minimum atomic E-state index is -3.73. The fraction of sp³-hybridized carbons (Fsp3) is 0.140. The number of nitro benzene ring substituents is 2. The number of esters is 2. The summed E-state index contributed by atoms with van der Waals surface area (Å²) in [6.07, 6.45) is -1.19. The number of hydrogen-bond acceptors (Lipinski definition) is 14. The van der Waals surface area contributed by atoms with Gasteiger partial charge in [-0.2, -0.15) is 0 Å². The molecule has 69 heavy (non-hydrogen) atoms. The second kappa shape index (κ2) is 21.4. The lowest BCUT2D eigenvalue weighted by molar-refractivity contribution is -0.385. The molecule has 3 unspecified atom stereocenters. The molecule has 0 spiro atoms. The summed E-state index contributed by atoms with van der Waals surface area (Å²) < 4.78 is 16.9. The van der Waals surface area contributed by atoms with Crippen molar-refractivity contribution < 1.29 is 52.8 Å². The number of nitrogens with zero attached hydrogens (tertiary/aromatic N) is 4. The average Bonchev–Trinajstić information content (AvgIpc) is 3.39. The molecule has 0 bridgehead atoms. The molecule has 1 aliphatic rings. The maximum absolute atomic E-state index is 15.2. The lowest BCUT2D eigenvalue weighted by Crippen LogP contribution is -2.77. The lowest BCUT2D eigenvalue weighted by atomic mass is 9.90. The fourth-order valence-corrected chi connectivity index (χ4v) is 12.6. The van der Waals surface area contributed by atoms with Gasteiger partial charge in [-0.05, 0) is 63.8 Å². The monoisotopic (exact) mass is 951 g/mol. The third-order valence-electron chi connectivity index (χ3n) is 11.4. The first-order chi connectivity index (χ1) is 33.3. The Bertz CT molecular complexity index is 2840. The highest BCUT2D eigenvalue weighted by Gasteiger charge is 2.61. The second-order valence-corrected chi connectivity index (χ2v) is 18.8. The van der Waals surface area contributed by atoms with E-state index in [4.69, 9.17) is 19.9 Å². The van der Waals surface area contributed by atoms with Crippen LogP contribution in [0.1, 0.15) is 22.7 Å². The predicted octanol–water partition coefficient (Wildman–Crippen LogP) is 4.90. The van der Waals surface area contributed by atoms with E-state index in [9.17, 15) is 39.4 Å². The van der Waals surface area contributed by atoms with Crippen molar-refractivity contribution in [2.75, 3.05) is 7.11 Å². The van der Waals surface area contributed by atoms with Gasteiger partial charge in [0, 0.05) is 24.3 Å². The van der Waals surface area contributed by atoms with Crippen LogP contribution in [0.4, 0.5) is 16.2 Å². The number of benzene rings is 6. The van der Waals surface area contributed by atoms with Gasteiger partial charge in [-0.1, -0.05) is 121 Å². The number of likely N-dealkylation sites (tertiary alicyclic amines) is 1. The summed E-state index contributed by atoms with van der Waals surface area (Å²) in [7, 11) is 1.08. The quantitative estimate of drug-likeness (QED) is 0.0243. The van der Waals surface area contributed by atoms with Crippen LogP contribution in [0.2, 0.25) is 0 Å². The normalized spacial score (nSPS) is 15.0. The Balaban J connectivity index is 1.43. The van der Waals surface area contributed by atoms with Crippen LogP contribution >= 0.6 is 6.89 Å². The van der Waals surface area contributed by atoms with Crippen molar-refractivity contribution in [1.82, 2.24) is 9.80 Å². The molecule has 0 saturated carbocycles. The summed E-state index contributed by atoms with van der Waals surface area (Å²) >= 11 is 0. The minimum absolute atomic E-state index is 0.221. The molecule has 1 saturated heterocycles. The molecule has 6 aromatic rings. The van der Waals surface area contributed by atoms with Gasteiger partial charge in [0.15, 0.2) is 6.04 Å². The molecular formula is C50H42N5O13P. The van der Waals surface area contributed by atoms with Crippen LogP contribution in [0.5, 0.6) is 0 Å². The number of nitrogens with two attached hydrogens (primary N) is 1. The molecule has 0 aromatic heterocycles. The number of β-lactam (4-membered cyclic amide) rings is 1. The Kier molecular flexibility index (Phi) is 15.0. The third kappa shape index (κ3) is 9.79.